The molecule has 0 aliphatic heterocycles. The van der Waals surface area contributed by atoms with Gasteiger partial charge in [0, 0.05) is 17.0 Å². The van der Waals surface area contributed by atoms with Gasteiger partial charge in [0.15, 0.2) is 23.2 Å². The first-order chi connectivity index (χ1) is 16.2. The van der Waals surface area contributed by atoms with Gasteiger partial charge in [-0.1, -0.05) is 60.8 Å². The first kappa shape index (κ1) is 25.5. The second-order valence-electron chi connectivity index (χ2n) is 7.81. The number of aryl methyl sites for hydroxylation is 2. The fraction of sp³-hybridized carbons (Fsp3) is 0.391. The number of fused-ring (bicyclic) bond motifs is 1. The average Bonchev–Trinajstić information content (AvgIpc) is 3.21. The van der Waals surface area contributed by atoms with Crippen LogP contribution in [0.15, 0.2) is 45.2 Å². The zero-order valence-corrected chi connectivity index (χ0v) is 19.5. The first-order valence-electron chi connectivity index (χ1n) is 10.8. The fourth-order valence-electron chi connectivity index (χ4n) is 3.77. The van der Waals surface area contributed by atoms with Gasteiger partial charge in [-0.25, -0.2) is 0 Å². The molecule has 0 amide bonds. The lowest BCUT2D eigenvalue weighted by molar-refractivity contribution is -0.141. The molecular formula is C23H25ClF3N5O2. The number of hydrogen-bond donors (Lipinski definition) is 2. The molecule has 0 saturated heterocycles. The number of hydrogen-bond acceptors (Lipinski definition) is 5. The van der Waals surface area contributed by atoms with E-state index in [0.29, 0.717) is 47.6 Å². The normalized spacial score (nSPS) is 13.3. The Morgan fingerprint density at radius 2 is 1.88 bits per heavy atom. The van der Waals surface area contributed by atoms with Crippen LogP contribution in [0.3, 0.4) is 0 Å². The third kappa shape index (κ3) is 5.67. The number of aromatic nitrogens is 1. The summed E-state index contributed by atoms with van der Waals surface area (Å²) in [5.74, 6) is 0.353. The summed E-state index contributed by atoms with van der Waals surface area (Å²) in [7, 11) is 0. The lowest BCUT2D eigenvalue weighted by Gasteiger charge is -2.23. The Kier molecular flexibility index (Phi) is 8.14. The summed E-state index contributed by atoms with van der Waals surface area (Å²) in [6.07, 6.45) is -3.01. The van der Waals surface area contributed by atoms with Crippen molar-refractivity contribution < 1.29 is 22.4 Å². The van der Waals surface area contributed by atoms with Crippen LogP contribution in [-0.4, -0.2) is 17.1 Å². The van der Waals surface area contributed by atoms with Crippen molar-refractivity contribution in [2.45, 2.75) is 58.2 Å². The molecule has 0 aliphatic carbocycles. The van der Waals surface area contributed by atoms with Crippen LogP contribution in [0.4, 0.5) is 13.2 Å². The summed E-state index contributed by atoms with van der Waals surface area (Å²) in [5, 5.41) is 10.4. The number of nitrogens with zero attached hydrogens (tertiary/aromatic N) is 3. The van der Waals surface area contributed by atoms with Crippen LogP contribution in [0.1, 0.15) is 49.1 Å². The van der Waals surface area contributed by atoms with Gasteiger partial charge < -0.3 is 15.0 Å². The molecule has 0 saturated carbocycles. The maximum Gasteiger partial charge on any atom is 0.437 e. The van der Waals surface area contributed by atoms with Crippen molar-refractivity contribution in [3.05, 3.63) is 57.7 Å². The Morgan fingerprint density at radius 1 is 1.21 bits per heavy atom. The van der Waals surface area contributed by atoms with E-state index >= 15 is 0 Å². The smallest absolute Gasteiger partial charge is 0.437 e. The van der Waals surface area contributed by atoms with E-state index in [1.54, 1.807) is 24.3 Å². The molecule has 3 N–H and O–H groups in total. The summed E-state index contributed by atoms with van der Waals surface area (Å²) in [5.41, 5.74) is 14.0. The summed E-state index contributed by atoms with van der Waals surface area (Å²) >= 11 is 5.97. The number of nitrogens with one attached hydrogen (secondary N) is 1. The van der Waals surface area contributed by atoms with Crippen molar-refractivity contribution >= 4 is 28.4 Å². The van der Waals surface area contributed by atoms with E-state index in [0.717, 1.165) is 5.56 Å². The van der Waals surface area contributed by atoms with E-state index in [9.17, 15) is 13.2 Å². The average molecular weight is 496 g/mol. The predicted octanol–water partition coefficient (Wildman–Crippen LogP) is 6.70. The molecule has 1 aromatic heterocycles. The molecule has 0 spiro atoms. The molecule has 0 fully saturated rings. The number of ether oxygens (including phenoxy) is 1. The van der Waals surface area contributed by atoms with E-state index < -0.39 is 18.0 Å². The molecule has 11 heteroatoms. The van der Waals surface area contributed by atoms with Gasteiger partial charge in [-0.05, 0) is 42.2 Å². The van der Waals surface area contributed by atoms with Gasteiger partial charge in [-0.2, -0.15) is 18.7 Å². The van der Waals surface area contributed by atoms with E-state index in [4.69, 9.17) is 32.1 Å². The second kappa shape index (κ2) is 10.9. The number of halogens is 4. The van der Waals surface area contributed by atoms with Crippen molar-refractivity contribution in [1.82, 2.24) is 5.16 Å². The van der Waals surface area contributed by atoms with Crippen molar-refractivity contribution in [2.75, 3.05) is 0 Å². The van der Waals surface area contributed by atoms with Gasteiger partial charge in [-0.3, -0.25) is 0 Å². The number of alkyl halides is 3. The van der Waals surface area contributed by atoms with Crippen LogP contribution < -0.4 is 10.5 Å². The fourth-order valence-corrected chi connectivity index (χ4v) is 3.90. The minimum atomic E-state index is -4.65. The lowest BCUT2D eigenvalue weighted by Crippen LogP contribution is -2.36. The highest BCUT2D eigenvalue weighted by Crippen LogP contribution is 2.41. The monoisotopic (exact) mass is 495 g/mol. The molecular weight excluding hydrogens is 471 g/mol. The molecule has 0 bridgehead atoms. The van der Waals surface area contributed by atoms with Crippen LogP contribution in [0.25, 0.3) is 11.0 Å². The molecule has 34 heavy (non-hydrogen) atoms. The van der Waals surface area contributed by atoms with Crippen molar-refractivity contribution in [2.24, 2.45) is 16.1 Å². The zero-order chi connectivity index (χ0) is 24.9. The van der Waals surface area contributed by atoms with E-state index in [2.05, 4.69) is 15.5 Å². The topological polar surface area (TPSA) is 110 Å². The molecule has 3 aromatic rings. The summed E-state index contributed by atoms with van der Waals surface area (Å²) < 4.78 is 52.1. The molecule has 182 valence electrons. The van der Waals surface area contributed by atoms with Crippen molar-refractivity contribution in [3.8, 4) is 5.75 Å². The Balaban J connectivity index is 2.16. The molecule has 0 aliphatic rings. The Labute approximate surface area is 199 Å². The number of amidine groups is 1. The van der Waals surface area contributed by atoms with Crippen LogP contribution in [0.2, 0.25) is 5.02 Å². The van der Waals surface area contributed by atoms with Crippen LogP contribution >= 0.6 is 11.6 Å². The molecule has 1 atom stereocenters. The summed E-state index contributed by atoms with van der Waals surface area (Å²) in [6.45, 7) is 3.83. The number of benzene rings is 2. The Morgan fingerprint density at radius 3 is 2.47 bits per heavy atom. The highest BCUT2D eigenvalue weighted by atomic mass is 35.5. The standard InChI is InChI=1S/C23H25ClF3N5O2/c1-3-5-14-12-17-20(34-31-21(17)23(25,26)27)16(6-4-2)19(14)33-18(22(28)30-32-29)11-13-7-9-15(24)10-8-13/h7-10,12,18H,3-6,11H2,1-2H3,(H3,28,29,30). The zero-order valence-electron chi connectivity index (χ0n) is 18.7. The SMILES string of the molecule is CCCc1cc2c(C(F)(F)F)noc2c(CCC)c1OC(Cc1ccc(Cl)cc1)C(N)=NN=N. The molecule has 3 rings (SSSR count). The van der Waals surface area contributed by atoms with Crippen LogP contribution in [-0.2, 0) is 25.4 Å². The minimum absolute atomic E-state index is 0.0370. The van der Waals surface area contributed by atoms with Crippen LogP contribution in [0, 0.1) is 5.53 Å². The van der Waals surface area contributed by atoms with Gasteiger partial charge in [0.05, 0.1) is 5.39 Å². The second-order valence-corrected chi connectivity index (χ2v) is 8.25. The lowest BCUT2D eigenvalue weighted by atomic mass is 9.97. The Bertz CT molecular complexity index is 1180. The Hall–Kier alpha value is -3.14. The third-order valence-electron chi connectivity index (χ3n) is 5.26. The minimum Gasteiger partial charge on any atom is -0.481 e. The van der Waals surface area contributed by atoms with Crippen LogP contribution in [0.5, 0.6) is 5.75 Å². The van der Waals surface area contributed by atoms with Gasteiger partial charge in [0.25, 0.3) is 0 Å². The third-order valence-corrected chi connectivity index (χ3v) is 5.52. The van der Waals surface area contributed by atoms with Gasteiger partial charge in [-0.15, -0.1) is 5.10 Å². The van der Waals surface area contributed by atoms with Gasteiger partial charge in [0.2, 0.25) is 0 Å². The highest BCUT2D eigenvalue weighted by Gasteiger charge is 2.38. The van der Waals surface area contributed by atoms with Gasteiger partial charge >= 0.3 is 6.18 Å². The number of nitrogens with two attached hydrogens (primary N) is 1. The molecule has 7 nitrogen and oxygen atoms in total. The van der Waals surface area contributed by atoms with E-state index in [1.807, 2.05) is 13.8 Å². The molecule has 0 radical (unpaired) electrons. The van der Waals surface area contributed by atoms with Crippen molar-refractivity contribution in [1.29, 1.82) is 5.53 Å². The van der Waals surface area contributed by atoms with E-state index in [1.165, 1.54) is 6.07 Å². The quantitative estimate of drug-likeness (QED) is 0.141. The summed E-state index contributed by atoms with van der Waals surface area (Å²) in [4.78, 5) is 0. The first-order valence-corrected chi connectivity index (χ1v) is 11.2. The molecule has 2 aromatic carbocycles. The maximum absolute atomic E-state index is 13.5. The predicted molar refractivity (Wildman–Crippen MR) is 123 cm³/mol. The summed E-state index contributed by atoms with van der Waals surface area (Å²) in [6, 6.07) is 8.48. The van der Waals surface area contributed by atoms with E-state index in [-0.39, 0.29) is 23.2 Å². The number of rotatable bonds is 10. The van der Waals surface area contributed by atoms with Crippen molar-refractivity contribution in [3.63, 3.8) is 0 Å². The van der Waals surface area contributed by atoms with Gasteiger partial charge in [0.1, 0.15) is 5.75 Å². The molecule has 1 unspecified atom stereocenters. The largest absolute Gasteiger partial charge is 0.481 e. The maximum atomic E-state index is 13.5. The molecule has 1 heterocycles. The highest BCUT2D eigenvalue weighted by molar-refractivity contribution is 6.30.